The van der Waals surface area contributed by atoms with Gasteiger partial charge in [0, 0.05) is 33.5 Å². The van der Waals surface area contributed by atoms with E-state index in [0.29, 0.717) is 22.5 Å². The molecule has 0 radical (unpaired) electrons. The number of anilines is 1. The number of aromatic nitrogens is 1. The summed E-state index contributed by atoms with van der Waals surface area (Å²) in [6, 6.07) is 6.19. The molecule has 3 N–H and O–H groups in total. The van der Waals surface area contributed by atoms with Gasteiger partial charge in [0.2, 0.25) is 0 Å². The van der Waals surface area contributed by atoms with E-state index >= 15 is 0 Å². The molecule has 2 atom stereocenters. The van der Waals surface area contributed by atoms with Crippen molar-refractivity contribution < 1.29 is 14.6 Å². The second-order valence-electron chi connectivity index (χ2n) is 5.77. The molecule has 2 unspecified atom stereocenters. The van der Waals surface area contributed by atoms with E-state index in [4.69, 9.17) is 10.5 Å². The molecule has 1 aliphatic rings. The molecule has 0 aromatic carbocycles. The van der Waals surface area contributed by atoms with Crippen molar-refractivity contribution in [3.05, 3.63) is 34.2 Å². The highest BCUT2D eigenvalue weighted by Crippen LogP contribution is 2.42. The van der Waals surface area contributed by atoms with Crippen LogP contribution in [-0.4, -0.2) is 22.7 Å². The van der Waals surface area contributed by atoms with Crippen molar-refractivity contribution in [3.63, 3.8) is 0 Å². The smallest absolute Gasteiger partial charge is 0.338 e. The number of nitrogens with two attached hydrogens (primary N) is 1. The van der Waals surface area contributed by atoms with Gasteiger partial charge in [0.05, 0.1) is 22.3 Å². The summed E-state index contributed by atoms with van der Waals surface area (Å²) in [6.45, 7) is 0.600. The van der Waals surface area contributed by atoms with Crippen molar-refractivity contribution in [2.75, 3.05) is 12.3 Å². The van der Waals surface area contributed by atoms with Gasteiger partial charge >= 0.3 is 5.97 Å². The Kier molecular flexibility index (Phi) is 3.92. The van der Waals surface area contributed by atoms with Crippen molar-refractivity contribution in [2.45, 2.75) is 12.5 Å². The third-order valence-corrected chi connectivity index (χ3v) is 6.47. The van der Waals surface area contributed by atoms with Gasteiger partial charge in [0.25, 0.3) is 0 Å². The van der Waals surface area contributed by atoms with E-state index in [1.165, 1.54) is 17.5 Å². The second-order valence-corrected chi connectivity index (χ2v) is 7.76. The van der Waals surface area contributed by atoms with Gasteiger partial charge in [-0.05, 0) is 23.9 Å². The third-order valence-electron chi connectivity index (χ3n) is 4.26. The number of carboxylic acid groups (broad SMARTS) is 1. The number of rotatable bonds is 3. The first-order valence-electron chi connectivity index (χ1n) is 7.60. The summed E-state index contributed by atoms with van der Waals surface area (Å²) in [7, 11) is 0. The Morgan fingerprint density at radius 3 is 3.08 bits per heavy atom. The van der Waals surface area contributed by atoms with Crippen LogP contribution in [0, 0.1) is 17.2 Å². The van der Waals surface area contributed by atoms with E-state index in [-0.39, 0.29) is 17.6 Å². The minimum atomic E-state index is -1.02. The molecule has 1 saturated heterocycles. The number of fused-ring (bicyclic) bond motifs is 1. The second kappa shape index (κ2) is 6.11. The van der Waals surface area contributed by atoms with Gasteiger partial charge in [-0.3, -0.25) is 0 Å². The summed E-state index contributed by atoms with van der Waals surface area (Å²) in [5.41, 5.74) is 7.04. The van der Waals surface area contributed by atoms with Gasteiger partial charge in [-0.2, -0.15) is 5.26 Å². The molecule has 0 bridgehead atoms. The first kappa shape index (κ1) is 16.0. The summed E-state index contributed by atoms with van der Waals surface area (Å²) in [5.74, 6) is -0.817. The van der Waals surface area contributed by atoms with E-state index < -0.39 is 5.97 Å². The maximum Gasteiger partial charge on any atom is 0.338 e. The molecular weight excluding hydrogens is 358 g/mol. The Balaban J connectivity index is 1.76. The maximum atomic E-state index is 11.4. The quantitative estimate of drug-likeness (QED) is 0.722. The van der Waals surface area contributed by atoms with Gasteiger partial charge in [-0.1, -0.05) is 0 Å². The first-order chi connectivity index (χ1) is 12.1. The number of ether oxygens (including phenoxy) is 1. The number of aromatic carboxylic acids is 1. The summed E-state index contributed by atoms with van der Waals surface area (Å²) < 4.78 is 6.32. The van der Waals surface area contributed by atoms with Crippen molar-refractivity contribution in [1.29, 1.82) is 5.26 Å². The lowest BCUT2D eigenvalue weighted by Gasteiger charge is -2.09. The molecule has 0 saturated carbocycles. The molecule has 126 valence electrons. The van der Waals surface area contributed by atoms with E-state index in [9.17, 15) is 15.2 Å². The average molecular weight is 371 g/mol. The molecule has 0 aliphatic carbocycles. The van der Waals surface area contributed by atoms with Gasteiger partial charge in [-0.15, -0.1) is 22.7 Å². The predicted molar refractivity (Wildman–Crippen MR) is 96.7 cm³/mol. The fraction of sp³-hybridized carbons (Fsp3) is 0.235. The van der Waals surface area contributed by atoms with Crippen LogP contribution >= 0.6 is 22.7 Å². The van der Waals surface area contributed by atoms with Gasteiger partial charge in [0.1, 0.15) is 11.9 Å². The number of hydrogen-bond acceptors (Lipinski definition) is 7. The minimum absolute atomic E-state index is 0.118. The van der Waals surface area contributed by atoms with Crippen LogP contribution in [0.4, 0.5) is 5.82 Å². The Bertz CT molecular complexity index is 1020. The van der Waals surface area contributed by atoms with Crippen molar-refractivity contribution in [1.82, 2.24) is 4.98 Å². The minimum Gasteiger partial charge on any atom is -0.478 e. The Labute approximate surface area is 151 Å². The topological polar surface area (TPSA) is 109 Å². The van der Waals surface area contributed by atoms with E-state index in [2.05, 4.69) is 11.1 Å². The molecule has 8 heteroatoms. The van der Waals surface area contributed by atoms with Gasteiger partial charge in [0.15, 0.2) is 0 Å². The predicted octanol–water partition coefficient (Wildman–Crippen LogP) is 3.91. The summed E-state index contributed by atoms with van der Waals surface area (Å²) >= 11 is 2.93. The fourth-order valence-electron chi connectivity index (χ4n) is 2.97. The molecule has 1 fully saturated rings. The van der Waals surface area contributed by atoms with Crippen LogP contribution in [0.15, 0.2) is 23.7 Å². The lowest BCUT2D eigenvalue weighted by molar-refractivity contribution is 0.0699. The highest BCUT2D eigenvalue weighted by Gasteiger charge is 2.31. The normalized spacial score (nSPS) is 20.0. The zero-order chi connectivity index (χ0) is 17.6. The number of hydrogen-bond donors (Lipinski definition) is 2. The standard InChI is InChI=1S/C17H13N3O3S2/c18-5-8-1-2-23-14(8)13-3-9(7-24-13)12-4-10-15(25-12)11(17(21)22)6-20-16(10)19/h3-4,6-8,14H,1-2H2,(H2,19,20)(H,21,22). The molecule has 3 aromatic heterocycles. The monoisotopic (exact) mass is 371 g/mol. The number of thiophene rings is 2. The summed E-state index contributed by atoms with van der Waals surface area (Å²) in [5, 5.41) is 21.2. The number of carbonyl (C=O) groups is 1. The number of nitrogens with zero attached hydrogens (tertiary/aromatic N) is 2. The van der Waals surface area contributed by atoms with Gasteiger partial charge < -0.3 is 15.6 Å². The molecule has 0 spiro atoms. The zero-order valence-electron chi connectivity index (χ0n) is 12.9. The molecule has 1 aliphatic heterocycles. The third kappa shape index (κ3) is 2.66. The molecular formula is C17H13N3O3S2. The molecule has 25 heavy (non-hydrogen) atoms. The number of nitrogen functional groups attached to an aromatic ring is 1. The van der Waals surface area contributed by atoms with Crippen LogP contribution in [0.5, 0.6) is 0 Å². The Morgan fingerprint density at radius 2 is 2.32 bits per heavy atom. The lowest BCUT2D eigenvalue weighted by Crippen LogP contribution is -2.02. The van der Waals surface area contributed by atoms with Crippen LogP contribution in [0.2, 0.25) is 0 Å². The highest BCUT2D eigenvalue weighted by molar-refractivity contribution is 7.23. The molecule has 4 heterocycles. The lowest BCUT2D eigenvalue weighted by atomic mass is 10.0. The highest BCUT2D eigenvalue weighted by atomic mass is 32.1. The van der Waals surface area contributed by atoms with E-state index in [1.54, 1.807) is 11.3 Å². The summed E-state index contributed by atoms with van der Waals surface area (Å²) in [4.78, 5) is 17.3. The van der Waals surface area contributed by atoms with Crippen molar-refractivity contribution in [3.8, 4) is 16.5 Å². The molecule has 3 aromatic rings. The number of nitriles is 1. The van der Waals surface area contributed by atoms with E-state index in [1.807, 2.05) is 17.5 Å². The van der Waals surface area contributed by atoms with Gasteiger partial charge in [-0.25, -0.2) is 9.78 Å². The SMILES string of the molecule is N#CC1CCOC1c1cc(-c2cc3c(N)ncc(C(=O)O)c3s2)cs1. The molecule has 6 nitrogen and oxygen atoms in total. The van der Waals surface area contributed by atoms with Crippen LogP contribution in [-0.2, 0) is 4.74 Å². The largest absolute Gasteiger partial charge is 0.478 e. The molecule has 4 rings (SSSR count). The van der Waals surface area contributed by atoms with Crippen LogP contribution in [0.3, 0.4) is 0 Å². The Morgan fingerprint density at radius 1 is 1.48 bits per heavy atom. The molecule has 0 amide bonds. The van der Waals surface area contributed by atoms with Crippen molar-refractivity contribution in [2.24, 2.45) is 5.92 Å². The van der Waals surface area contributed by atoms with Crippen LogP contribution < -0.4 is 5.73 Å². The first-order valence-corrected chi connectivity index (χ1v) is 9.29. The van der Waals surface area contributed by atoms with Crippen LogP contribution in [0.1, 0.15) is 27.8 Å². The summed E-state index contributed by atoms with van der Waals surface area (Å²) in [6.07, 6.45) is 1.87. The zero-order valence-corrected chi connectivity index (χ0v) is 14.6. The Hall–Kier alpha value is -2.47. The fourth-order valence-corrected chi connectivity index (χ4v) is 5.22. The van der Waals surface area contributed by atoms with Crippen LogP contribution in [0.25, 0.3) is 20.5 Å². The number of carboxylic acids is 1. The van der Waals surface area contributed by atoms with E-state index in [0.717, 1.165) is 21.7 Å². The number of pyridine rings is 1. The van der Waals surface area contributed by atoms with Crippen molar-refractivity contribution >= 4 is 44.5 Å². The average Bonchev–Trinajstić information content (AvgIpc) is 3.32. The maximum absolute atomic E-state index is 11.4.